The van der Waals surface area contributed by atoms with E-state index in [-0.39, 0.29) is 17.2 Å². The van der Waals surface area contributed by atoms with Crippen molar-refractivity contribution in [3.63, 3.8) is 0 Å². The van der Waals surface area contributed by atoms with Crippen molar-refractivity contribution in [3.8, 4) is 0 Å². The summed E-state index contributed by atoms with van der Waals surface area (Å²) in [4.78, 5) is 43.8. The SMILES string of the molecule is O=C(NCc1ccsc1)c1cn(CCc2ccccn2)cc(C(=O)NC2CCCCCCC2)c1=O. The van der Waals surface area contributed by atoms with Crippen LogP contribution in [0.3, 0.4) is 0 Å². The zero-order chi connectivity index (χ0) is 24.5. The normalized spacial score (nSPS) is 14.6. The first-order valence-corrected chi connectivity index (χ1v) is 13.3. The molecule has 0 aromatic carbocycles. The Morgan fingerprint density at radius 1 is 1.00 bits per heavy atom. The lowest BCUT2D eigenvalue weighted by Gasteiger charge is -2.21. The van der Waals surface area contributed by atoms with Gasteiger partial charge in [0.2, 0.25) is 5.43 Å². The third-order valence-corrected chi connectivity index (χ3v) is 7.13. The molecule has 8 heteroatoms. The van der Waals surface area contributed by atoms with E-state index in [1.54, 1.807) is 34.5 Å². The smallest absolute Gasteiger partial charge is 0.257 e. The van der Waals surface area contributed by atoms with Crippen LogP contribution in [0.4, 0.5) is 0 Å². The molecule has 1 saturated carbocycles. The molecule has 0 aliphatic heterocycles. The van der Waals surface area contributed by atoms with Crippen LogP contribution >= 0.6 is 11.3 Å². The standard InChI is InChI=1S/C27H32N4O3S/c32-25-23(26(33)29-16-20-12-15-35-19-20)17-31(14-11-21-8-6-7-13-28-21)18-24(25)27(34)30-22-9-4-2-1-3-5-10-22/h6-8,12-13,15,17-19,22H,1-5,9-11,14,16H2,(H,29,33)(H,30,34). The first-order valence-electron chi connectivity index (χ1n) is 12.3. The maximum Gasteiger partial charge on any atom is 0.257 e. The minimum absolute atomic E-state index is 0.0104. The van der Waals surface area contributed by atoms with Crippen molar-refractivity contribution in [2.75, 3.05) is 0 Å². The van der Waals surface area contributed by atoms with Gasteiger partial charge in [0, 0.05) is 49.8 Å². The van der Waals surface area contributed by atoms with Crippen LogP contribution in [0.15, 0.2) is 58.4 Å². The van der Waals surface area contributed by atoms with Crippen LogP contribution in [0.1, 0.15) is 76.9 Å². The van der Waals surface area contributed by atoms with Crippen LogP contribution in [-0.2, 0) is 19.5 Å². The second-order valence-electron chi connectivity index (χ2n) is 9.05. The molecular formula is C27H32N4O3S. The topological polar surface area (TPSA) is 93.1 Å². The Morgan fingerprint density at radius 2 is 1.74 bits per heavy atom. The Bertz CT molecular complexity index is 1170. The van der Waals surface area contributed by atoms with Gasteiger partial charge >= 0.3 is 0 Å². The molecule has 3 heterocycles. The van der Waals surface area contributed by atoms with Gasteiger partial charge in [-0.2, -0.15) is 11.3 Å². The molecule has 2 amide bonds. The molecule has 0 saturated heterocycles. The molecule has 1 aliphatic carbocycles. The summed E-state index contributed by atoms with van der Waals surface area (Å²) in [6, 6.07) is 7.69. The van der Waals surface area contributed by atoms with Crippen molar-refractivity contribution >= 4 is 23.2 Å². The summed E-state index contributed by atoms with van der Waals surface area (Å²) in [6.45, 7) is 0.819. The summed E-state index contributed by atoms with van der Waals surface area (Å²) in [5, 5.41) is 9.77. The zero-order valence-electron chi connectivity index (χ0n) is 19.9. The molecule has 2 N–H and O–H groups in total. The summed E-state index contributed by atoms with van der Waals surface area (Å²) in [6.07, 6.45) is 13.0. The second-order valence-corrected chi connectivity index (χ2v) is 9.83. The van der Waals surface area contributed by atoms with Crippen LogP contribution in [0, 0.1) is 0 Å². The Hall–Kier alpha value is -3.26. The van der Waals surface area contributed by atoms with E-state index in [2.05, 4.69) is 15.6 Å². The number of carbonyl (C=O) groups excluding carboxylic acids is 2. The number of hydrogen-bond acceptors (Lipinski definition) is 5. The number of nitrogens with one attached hydrogen (secondary N) is 2. The fourth-order valence-electron chi connectivity index (χ4n) is 4.41. The molecule has 0 radical (unpaired) electrons. The lowest BCUT2D eigenvalue weighted by atomic mass is 9.96. The Morgan fingerprint density at radius 3 is 2.43 bits per heavy atom. The Labute approximate surface area is 209 Å². The fraction of sp³-hybridized carbons (Fsp3) is 0.407. The van der Waals surface area contributed by atoms with Gasteiger partial charge in [-0.25, -0.2) is 0 Å². The number of aryl methyl sites for hydroxylation is 2. The van der Waals surface area contributed by atoms with Crippen molar-refractivity contribution in [3.05, 3.63) is 86.2 Å². The molecule has 0 spiro atoms. The van der Waals surface area contributed by atoms with E-state index in [0.717, 1.165) is 36.9 Å². The number of carbonyl (C=O) groups is 2. The number of amides is 2. The maximum absolute atomic E-state index is 13.3. The van der Waals surface area contributed by atoms with Gasteiger partial charge in [0.05, 0.1) is 0 Å². The van der Waals surface area contributed by atoms with E-state index in [1.807, 2.05) is 35.0 Å². The highest BCUT2D eigenvalue weighted by Crippen LogP contribution is 2.17. The third kappa shape index (κ3) is 7.11. The highest BCUT2D eigenvalue weighted by atomic mass is 32.1. The molecule has 0 bridgehead atoms. The van der Waals surface area contributed by atoms with Crippen molar-refractivity contribution in [2.45, 2.75) is 70.5 Å². The fourth-order valence-corrected chi connectivity index (χ4v) is 5.08. The minimum Gasteiger partial charge on any atom is -0.352 e. The molecular weight excluding hydrogens is 460 g/mol. The average Bonchev–Trinajstić information content (AvgIpc) is 3.38. The lowest BCUT2D eigenvalue weighted by molar-refractivity contribution is 0.0928. The summed E-state index contributed by atoms with van der Waals surface area (Å²) in [5.41, 5.74) is 1.32. The van der Waals surface area contributed by atoms with Crippen LogP contribution in [0.5, 0.6) is 0 Å². The highest BCUT2D eigenvalue weighted by molar-refractivity contribution is 7.07. The first kappa shape index (κ1) is 24.9. The van der Waals surface area contributed by atoms with E-state index >= 15 is 0 Å². The Kier molecular flexibility index (Phi) is 8.84. The van der Waals surface area contributed by atoms with E-state index in [4.69, 9.17) is 0 Å². The van der Waals surface area contributed by atoms with Crippen LogP contribution < -0.4 is 16.1 Å². The minimum atomic E-state index is -0.537. The summed E-state index contributed by atoms with van der Waals surface area (Å²) in [5.74, 6) is -0.881. The molecule has 7 nitrogen and oxygen atoms in total. The molecule has 0 atom stereocenters. The molecule has 0 unspecified atom stereocenters. The quantitative estimate of drug-likeness (QED) is 0.490. The van der Waals surface area contributed by atoms with Crippen molar-refractivity contribution in [1.82, 2.24) is 20.2 Å². The average molecular weight is 493 g/mol. The number of pyridine rings is 2. The van der Waals surface area contributed by atoms with Gasteiger partial charge in [-0.1, -0.05) is 38.2 Å². The zero-order valence-corrected chi connectivity index (χ0v) is 20.7. The molecule has 1 aliphatic rings. The first-order chi connectivity index (χ1) is 17.1. The number of hydrogen-bond donors (Lipinski definition) is 2. The molecule has 3 aromatic heterocycles. The number of rotatable bonds is 8. The summed E-state index contributed by atoms with van der Waals surface area (Å²) >= 11 is 1.55. The van der Waals surface area contributed by atoms with E-state index in [9.17, 15) is 14.4 Å². The number of aromatic nitrogens is 2. The summed E-state index contributed by atoms with van der Waals surface area (Å²) in [7, 11) is 0. The second kappa shape index (κ2) is 12.4. The van der Waals surface area contributed by atoms with Gasteiger partial charge in [0.25, 0.3) is 11.8 Å². The van der Waals surface area contributed by atoms with Crippen molar-refractivity contribution in [1.29, 1.82) is 0 Å². The van der Waals surface area contributed by atoms with Crippen LogP contribution in [-0.4, -0.2) is 27.4 Å². The molecule has 184 valence electrons. The van der Waals surface area contributed by atoms with Crippen LogP contribution in [0.2, 0.25) is 0 Å². The molecule has 4 rings (SSSR count). The molecule has 1 fully saturated rings. The van der Waals surface area contributed by atoms with Gasteiger partial charge in [-0.05, 0) is 47.4 Å². The van der Waals surface area contributed by atoms with E-state index in [1.165, 1.54) is 19.3 Å². The van der Waals surface area contributed by atoms with Gasteiger partial charge < -0.3 is 15.2 Å². The predicted octanol–water partition coefficient (Wildman–Crippen LogP) is 4.32. The van der Waals surface area contributed by atoms with Gasteiger partial charge in [0.15, 0.2) is 0 Å². The predicted molar refractivity (Wildman–Crippen MR) is 138 cm³/mol. The van der Waals surface area contributed by atoms with Gasteiger partial charge in [0.1, 0.15) is 11.1 Å². The van der Waals surface area contributed by atoms with Gasteiger partial charge in [-0.3, -0.25) is 19.4 Å². The van der Waals surface area contributed by atoms with Crippen molar-refractivity contribution in [2.24, 2.45) is 0 Å². The lowest BCUT2D eigenvalue weighted by Crippen LogP contribution is -2.40. The molecule has 3 aromatic rings. The van der Waals surface area contributed by atoms with Crippen molar-refractivity contribution < 1.29 is 9.59 Å². The Balaban J connectivity index is 1.56. The highest BCUT2D eigenvalue weighted by Gasteiger charge is 2.22. The monoisotopic (exact) mass is 492 g/mol. The maximum atomic E-state index is 13.3. The van der Waals surface area contributed by atoms with Gasteiger partial charge in [-0.15, -0.1) is 0 Å². The largest absolute Gasteiger partial charge is 0.352 e. The van der Waals surface area contributed by atoms with Crippen LogP contribution in [0.25, 0.3) is 0 Å². The van der Waals surface area contributed by atoms with E-state index < -0.39 is 17.2 Å². The third-order valence-electron chi connectivity index (χ3n) is 6.39. The molecule has 35 heavy (non-hydrogen) atoms. The number of thiophene rings is 1. The van der Waals surface area contributed by atoms with E-state index in [0.29, 0.717) is 19.5 Å². The number of nitrogens with zero attached hydrogens (tertiary/aromatic N) is 2. The summed E-state index contributed by atoms with van der Waals surface area (Å²) < 4.78 is 1.75.